The average Bonchev–Trinajstić information content (AvgIpc) is 3.63. The van der Waals surface area contributed by atoms with Crippen LogP contribution in [-0.4, -0.2) is 255 Å². The highest BCUT2D eigenvalue weighted by Gasteiger charge is 2.44. The van der Waals surface area contributed by atoms with Gasteiger partial charge in [0.05, 0.1) is 124 Å². The maximum Gasteiger partial charge on any atom is 0.314 e. The van der Waals surface area contributed by atoms with Gasteiger partial charge in [0, 0.05) is 78.0 Å². The SMILES string of the molecule is CC(=O)N[C@@H]1[C@@H](O)[C@@H](O)[C@@H](CO)O[C@@H]1CCCCCOCCOCCNC(=O)NCCOCCOCCOCCOCCOCCOCCC(=O)N1CCN(CCN2C(=O)C=CC2=O)CC1. The molecule has 5 atom stereocenters. The Kier molecular flexibility index (Phi) is 30.8. The van der Waals surface area contributed by atoms with Crippen molar-refractivity contribution in [2.75, 3.05) is 165 Å². The number of hydrogen-bond donors (Lipinski definition) is 6. The molecule has 66 heavy (non-hydrogen) atoms. The fourth-order valence-corrected chi connectivity index (χ4v) is 7.07. The highest BCUT2D eigenvalue weighted by Crippen LogP contribution is 2.25. The van der Waals surface area contributed by atoms with E-state index in [1.54, 1.807) is 0 Å². The number of amides is 6. The summed E-state index contributed by atoms with van der Waals surface area (Å²) >= 11 is 0. The second-order valence-electron chi connectivity index (χ2n) is 15.7. The van der Waals surface area contributed by atoms with Gasteiger partial charge in [0.15, 0.2) is 0 Å². The van der Waals surface area contributed by atoms with Gasteiger partial charge < -0.3 is 78.8 Å². The Hall–Kier alpha value is -3.43. The van der Waals surface area contributed by atoms with Crippen molar-refractivity contribution in [3.05, 3.63) is 12.2 Å². The summed E-state index contributed by atoms with van der Waals surface area (Å²) in [5.41, 5.74) is 0. The van der Waals surface area contributed by atoms with Crippen LogP contribution in [0.15, 0.2) is 12.2 Å². The molecule has 0 saturated carbocycles. The third-order valence-electron chi connectivity index (χ3n) is 10.7. The molecule has 0 aromatic carbocycles. The van der Waals surface area contributed by atoms with Crippen LogP contribution >= 0.6 is 0 Å². The molecule has 3 rings (SSSR count). The van der Waals surface area contributed by atoms with Gasteiger partial charge in [-0.05, 0) is 12.8 Å². The zero-order valence-corrected chi connectivity index (χ0v) is 38.7. The van der Waals surface area contributed by atoms with Crippen LogP contribution in [0.3, 0.4) is 0 Å². The normalized spacial score (nSPS) is 21.2. The van der Waals surface area contributed by atoms with E-state index in [1.165, 1.54) is 24.0 Å². The number of nitrogens with zero attached hydrogens (tertiary/aromatic N) is 3. The molecule has 2 fully saturated rings. The van der Waals surface area contributed by atoms with Crippen LogP contribution in [0.25, 0.3) is 0 Å². The molecule has 380 valence electrons. The maximum absolute atomic E-state index is 12.5. The Bertz CT molecular complexity index is 1380. The number of carbonyl (C=O) groups excluding carboxylic acids is 5. The molecule has 3 aliphatic rings. The number of hydrogen-bond acceptors (Lipinski definition) is 18. The molecule has 0 aromatic rings. The Balaban J connectivity index is 0.959. The van der Waals surface area contributed by atoms with Gasteiger partial charge in [-0.3, -0.25) is 29.0 Å². The number of aliphatic hydroxyl groups excluding tert-OH is 3. The van der Waals surface area contributed by atoms with Crippen molar-refractivity contribution in [2.24, 2.45) is 0 Å². The first kappa shape index (κ1) is 56.9. The number of rotatable bonds is 38. The first-order valence-electron chi connectivity index (χ1n) is 23.2. The van der Waals surface area contributed by atoms with Crippen LogP contribution in [0.2, 0.25) is 0 Å². The number of nitrogens with one attached hydrogen (secondary N) is 3. The van der Waals surface area contributed by atoms with E-state index in [2.05, 4.69) is 20.9 Å². The molecule has 0 bridgehead atoms. The molecule has 6 N–H and O–H groups in total. The monoisotopic (exact) mass is 949 g/mol. The van der Waals surface area contributed by atoms with Crippen LogP contribution in [0.5, 0.6) is 0 Å². The Morgan fingerprint density at radius 1 is 0.621 bits per heavy atom. The van der Waals surface area contributed by atoms with Gasteiger partial charge in [-0.2, -0.15) is 0 Å². The highest BCUT2D eigenvalue weighted by molar-refractivity contribution is 6.12. The third-order valence-corrected chi connectivity index (χ3v) is 10.7. The summed E-state index contributed by atoms with van der Waals surface area (Å²) in [6.07, 6.45) is 1.86. The van der Waals surface area contributed by atoms with Crippen LogP contribution in [0.4, 0.5) is 4.79 Å². The first-order chi connectivity index (χ1) is 32.1. The third kappa shape index (κ3) is 24.5. The molecule has 0 aromatic heterocycles. The van der Waals surface area contributed by atoms with Crippen molar-refractivity contribution in [1.29, 1.82) is 0 Å². The van der Waals surface area contributed by atoms with Gasteiger partial charge >= 0.3 is 6.03 Å². The summed E-state index contributed by atoms with van der Waals surface area (Å²) in [6.45, 7) is 11.6. The highest BCUT2D eigenvalue weighted by atomic mass is 16.6. The lowest BCUT2D eigenvalue weighted by molar-refractivity contribution is -0.196. The predicted octanol–water partition coefficient (Wildman–Crippen LogP) is -2.58. The van der Waals surface area contributed by atoms with E-state index in [0.29, 0.717) is 171 Å². The Labute approximate surface area is 388 Å². The van der Waals surface area contributed by atoms with E-state index in [9.17, 15) is 39.3 Å². The van der Waals surface area contributed by atoms with Crippen LogP contribution in [-0.2, 0) is 61.8 Å². The second-order valence-corrected chi connectivity index (χ2v) is 15.7. The van der Waals surface area contributed by atoms with Crippen LogP contribution in [0, 0.1) is 0 Å². The maximum atomic E-state index is 12.5. The number of imide groups is 1. The van der Waals surface area contributed by atoms with E-state index >= 15 is 0 Å². The minimum atomic E-state index is -1.28. The number of aliphatic hydroxyl groups is 3. The zero-order valence-electron chi connectivity index (χ0n) is 38.7. The van der Waals surface area contributed by atoms with Crippen molar-refractivity contribution in [1.82, 2.24) is 30.7 Å². The number of piperazine rings is 1. The van der Waals surface area contributed by atoms with E-state index < -0.39 is 37.1 Å². The van der Waals surface area contributed by atoms with Crippen LogP contribution in [0.1, 0.15) is 39.0 Å². The topological polar surface area (TPSA) is 275 Å². The summed E-state index contributed by atoms with van der Waals surface area (Å²) < 4.78 is 49.8. The van der Waals surface area contributed by atoms with E-state index in [-0.39, 0.29) is 29.7 Å². The number of carbonyl (C=O) groups is 5. The van der Waals surface area contributed by atoms with Gasteiger partial charge in [-0.25, -0.2) is 4.79 Å². The molecule has 0 unspecified atom stereocenters. The summed E-state index contributed by atoms with van der Waals surface area (Å²) in [5, 5.41) is 38.0. The molecule has 0 aliphatic carbocycles. The lowest BCUT2D eigenvalue weighted by Crippen LogP contribution is -2.63. The lowest BCUT2D eigenvalue weighted by atomic mass is 9.90. The molecule has 3 heterocycles. The summed E-state index contributed by atoms with van der Waals surface area (Å²) in [4.78, 5) is 64.6. The predicted molar refractivity (Wildman–Crippen MR) is 235 cm³/mol. The molecule has 23 nitrogen and oxygen atoms in total. The minimum Gasteiger partial charge on any atom is -0.394 e. The van der Waals surface area contributed by atoms with Gasteiger partial charge in [-0.1, -0.05) is 12.8 Å². The van der Waals surface area contributed by atoms with Crippen molar-refractivity contribution in [3.63, 3.8) is 0 Å². The van der Waals surface area contributed by atoms with Crippen molar-refractivity contribution >= 4 is 29.7 Å². The Morgan fingerprint density at radius 3 is 1.61 bits per heavy atom. The van der Waals surface area contributed by atoms with E-state index in [0.717, 1.165) is 19.3 Å². The van der Waals surface area contributed by atoms with Gasteiger partial charge in [0.1, 0.15) is 18.3 Å². The molecule has 0 spiro atoms. The molecule has 0 radical (unpaired) electrons. The summed E-state index contributed by atoms with van der Waals surface area (Å²) in [5.74, 6) is -0.843. The van der Waals surface area contributed by atoms with Gasteiger partial charge in [-0.15, -0.1) is 0 Å². The lowest BCUT2D eigenvalue weighted by Gasteiger charge is -2.42. The number of urea groups is 1. The average molecular weight is 949 g/mol. The molecular weight excluding hydrogens is 872 g/mol. The zero-order chi connectivity index (χ0) is 47.6. The Morgan fingerprint density at radius 2 is 1.11 bits per heavy atom. The fourth-order valence-electron chi connectivity index (χ4n) is 7.07. The van der Waals surface area contributed by atoms with Crippen molar-refractivity contribution < 1.29 is 81.9 Å². The van der Waals surface area contributed by atoms with E-state index in [4.69, 9.17) is 42.6 Å². The van der Waals surface area contributed by atoms with Crippen molar-refractivity contribution in [3.8, 4) is 0 Å². The molecule has 2 saturated heterocycles. The minimum absolute atomic E-state index is 0.0450. The number of unbranched alkanes of at least 4 members (excludes halogenated alkanes) is 2. The van der Waals surface area contributed by atoms with Crippen molar-refractivity contribution in [2.45, 2.75) is 69.5 Å². The molecular formula is C43H76N6O17. The molecule has 3 aliphatic heterocycles. The molecule has 23 heteroatoms. The number of ether oxygens (including phenoxy) is 9. The fraction of sp³-hybridized carbons (Fsp3) is 0.837. The first-order valence-corrected chi connectivity index (χ1v) is 23.2. The van der Waals surface area contributed by atoms with Gasteiger partial charge in [0.2, 0.25) is 11.8 Å². The summed E-state index contributed by atoms with van der Waals surface area (Å²) in [7, 11) is 0. The smallest absolute Gasteiger partial charge is 0.314 e. The van der Waals surface area contributed by atoms with Gasteiger partial charge in [0.25, 0.3) is 11.8 Å². The quantitative estimate of drug-likeness (QED) is 0.0274. The van der Waals surface area contributed by atoms with E-state index in [1.807, 2.05) is 4.90 Å². The second kappa shape index (κ2) is 35.7. The summed E-state index contributed by atoms with van der Waals surface area (Å²) in [6, 6.07) is -1.07. The van der Waals surface area contributed by atoms with Crippen LogP contribution < -0.4 is 16.0 Å². The standard InChI is InChI=1S/C43H76N6O17/c1-34(51)46-40-35(66-36(33-50)41(55)42(40)56)5-3-2-4-17-58-21-23-60-19-9-44-43(57)45-10-20-61-24-26-63-28-30-65-32-31-64-29-27-62-25-22-59-18-8-37(52)48-14-11-47(12-15-48)13-16-49-38(53)6-7-39(49)54/h6-7,35-36,40-42,50,55-56H,2-5,8-33H2,1H3,(H,46,51)(H2,44,45,57)/t35-,36-,40+,41+,42-/m1/s1. The largest absolute Gasteiger partial charge is 0.394 e. The molecule has 6 amide bonds.